The number of carbonyl (C=O) groups is 3. The van der Waals surface area contributed by atoms with Crippen molar-refractivity contribution in [3.05, 3.63) is 71.8 Å². The minimum atomic E-state index is -0.923. The van der Waals surface area contributed by atoms with Crippen molar-refractivity contribution in [2.75, 3.05) is 6.54 Å². The van der Waals surface area contributed by atoms with Gasteiger partial charge in [-0.25, -0.2) is 5.06 Å². The van der Waals surface area contributed by atoms with E-state index in [1.807, 2.05) is 81.4 Å². The monoisotopic (exact) mass is 472 g/mol. The normalized spacial score (nSPS) is 12.5. The third-order valence-electron chi connectivity index (χ3n) is 5.01. The molecule has 8 heteroatoms. The number of carboxylic acids is 1. The highest BCUT2D eigenvalue weighted by Crippen LogP contribution is 2.18. The number of nitrogens with zero attached hydrogens (tertiary/aromatic N) is 1. The van der Waals surface area contributed by atoms with Gasteiger partial charge in [0.25, 0.3) is 0 Å². The van der Waals surface area contributed by atoms with Crippen LogP contribution >= 0.6 is 0 Å². The Bertz CT molecular complexity index is 868. The molecule has 0 aliphatic carbocycles. The Hall–Kier alpha value is -3.23. The van der Waals surface area contributed by atoms with Crippen LogP contribution in [0.15, 0.2) is 60.7 Å². The van der Waals surface area contributed by atoms with Crippen LogP contribution in [0.4, 0.5) is 0 Å². The van der Waals surface area contributed by atoms with E-state index >= 15 is 0 Å². The Balaban J connectivity index is 0.000000342. The maximum absolute atomic E-state index is 11.6. The number of hydrogen-bond acceptors (Lipinski definition) is 6. The van der Waals surface area contributed by atoms with Gasteiger partial charge in [0.1, 0.15) is 19.3 Å². The van der Waals surface area contributed by atoms with Crippen LogP contribution in [0.5, 0.6) is 0 Å². The van der Waals surface area contributed by atoms with Crippen molar-refractivity contribution in [1.82, 2.24) is 5.06 Å². The second-order valence-corrected chi connectivity index (χ2v) is 8.84. The molecule has 34 heavy (non-hydrogen) atoms. The second kappa shape index (κ2) is 14.8. The van der Waals surface area contributed by atoms with Gasteiger partial charge >= 0.3 is 11.9 Å². The number of hydroxylamine groups is 2. The first kappa shape index (κ1) is 28.8. The highest BCUT2D eigenvalue weighted by molar-refractivity contribution is 5.76. The molecule has 0 fully saturated rings. The highest BCUT2D eigenvalue weighted by atomic mass is 16.7. The van der Waals surface area contributed by atoms with E-state index in [9.17, 15) is 14.4 Å². The molecule has 0 bridgehead atoms. The molecule has 0 aliphatic rings. The lowest BCUT2D eigenvalue weighted by molar-refractivity contribution is -0.184. The summed E-state index contributed by atoms with van der Waals surface area (Å²) in [4.78, 5) is 38.5. The topological polar surface area (TPSA) is 119 Å². The van der Waals surface area contributed by atoms with E-state index < -0.39 is 17.9 Å². The van der Waals surface area contributed by atoms with Gasteiger partial charge in [0.15, 0.2) is 0 Å². The Labute approximate surface area is 201 Å². The van der Waals surface area contributed by atoms with E-state index in [-0.39, 0.29) is 31.1 Å². The van der Waals surface area contributed by atoms with Crippen molar-refractivity contribution in [2.45, 2.75) is 53.4 Å². The van der Waals surface area contributed by atoms with E-state index in [0.717, 1.165) is 16.2 Å². The van der Waals surface area contributed by atoms with E-state index in [1.54, 1.807) is 6.92 Å². The summed E-state index contributed by atoms with van der Waals surface area (Å²) in [6, 6.07) is 18.4. The summed E-state index contributed by atoms with van der Waals surface area (Å²) in [6.45, 7) is 8.10. The van der Waals surface area contributed by atoms with E-state index in [1.165, 1.54) is 0 Å². The second-order valence-electron chi connectivity index (χ2n) is 8.84. The average Bonchev–Trinajstić information content (AvgIpc) is 2.83. The summed E-state index contributed by atoms with van der Waals surface area (Å²) >= 11 is 0. The number of rotatable bonds is 11. The van der Waals surface area contributed by atoms with E-state index in [2.05, 4.69) is 0 Å². The molecule has 2 aromatic rings. The van der Waals surface area contributed by atoms with Gasteiger partial charge < -0.3 is 15.6 Å². The van der Waals surface area contributed by atoms with E-state index in [4.69, 9.17) is 20.4 Å². The van der Waals surface area contributed by atoms with Crippen molar-refractivity contribution in [2.24, 2.45) is 17.1 Å². The number of amides is 1. The number of carbonyl (C=O) groups excluding carboxylic acids is 2. The Morgan fingerprint density at radius 2 is 1.50 bits per heavy atom. The number of ether oxygens (including phenoxy) is 1. The maximum Gasteiger partial charge on any atom is 0.323 e. The summed E-state index contributed by atoms with van der Waals surface area (Å²) in [5.41, 5.74) is 7.41. The fourth-order valence-corrected chi connectivity index (χ4v) is 2.63. The molecule has 0 heterocycles. The van der Waals surface area contributed by atoms with Gasteiger partial charge in [-0.1, -0.05) is 88.4 Å². The number of benzene rings is 2. The third-order valence-corrected chi connectivity index (χ3v) is 5.01. The third kappa shape index (κ3) is 11.1. The smallest absolute Gasteiger partial charge is 0.323 e. The molecule has 0 unspecified atom stereocenters. The first-order valence-corrected chi connectivity index (χ1v) is 11.2. The summed E-state index contributed by atoms with van der Waals surface area (Å²) in [7, 11) is 0. The average molecular weight is 473 g/mol. The summed E-state index contributed by atoms with van der Waals surface area (Å²) in [6.07, 6.45) is 0.961. The predicted molar refractivity (Wildman–Crippen MR) is 129 cm³/mol. The molecule has 0 aliphatic heterocycles. The SMILES string of the molecule is CC(C)(C)[C@H](N)C(=O)OCc1ccccc1.CC[C@H](CN(C=O)OCc1ccccc1)C(=O)O. The molecule has 1 amide bonds. The van der Waals surface area contributed by atoms with Crippen molar-refractivity contribution in [3.63, 3.8) is 0 Å². The van der Waals surface area contributed by atoms with Gasteiger partial charge in [0.2, 0.25) is 6.41 Å². The molecule has 2 rings (SSSR count). The molecule has 2 aromatic carbocycles. The Morgan fingerprint density at radius 3 is 1.91 bits per heavy atom. The largest absolute Gasteiger partial charge is 0.481 e. The molecule has 3 N–H and O–H groups in total. The molecule has 0 saturated carbocycles. The lowest BCUT2D eigenvalue weighted by Crippen LogP contribution is -2.43. The lowest BCUT2D eigenvalue weighted by Gasteiger charge is -2.24. The van der Waals surface area contributed by atoms with Gasteiger partial charge in [-0.15, -0.1) is 0 Å². The molecule has 0 spiro atoms. The quantitative estimate of drug-likeness (QED) is 0.290. The standard InChI is InChI=1S/C13H17NO4.C13H19NO2/c1-2-12(13(16)17)8-14(10-15)18-9-11-6-4-3-5-7-11;1-13(2,3)11(14)12(15)16-9-10-7-5-4-6-8-10/h3-7,10,12H,2,8-9H2,1H3,(H,16,17);4-8,11H,9,14H2,1-3H3/t12-;11-/m11/s1. The van der Waals surface area contributed by atoms with Crippen molar-refractivity contribution >= 4 is 18.3 Å². The zero-order valence-corrected chi connectivity index (χ0v) is 20.3. The summed E-state index contributed by atoms with van der Waals surface area (Å²) in [5.74, 6) is -1.88. The van der Waals surface area contributed by atoms with Crippen molar-refractivity contribution in [3.8, 4) is 0 Å². The lowest BCUT2D eigenvalue weighted by atomic mass is 9.87. The van der Waals surface area contributed by atoms with Crippen LogP contribution in [0.25, 0.3) is 0 Å². The van der Waals surface area contributed by atoms with Gasteiger partial charge in [-0.05, 0) is 23.0 Å². The summed E-state index contributed by atoms with van der Waals surface area (Å²) < 4.78 is 5.15. The van der Waals surface area contributed by atoms with E-state index in [0.29, 0.717) is 12.8 Å². The fraction of sp³-hybridized carbons (Fsp3) is 0.423. The van der Waals surface area contributed by atoms with Crippen molar-refractivity contribution < 1.29 is 29.1 Å². The van der Waals surface area contributed by atoms with Gasteiger partial charge in [-0.3, -0.25) is 19.2 Å². The number of esters is 1. The fourth-order valence-electron chi connectivity index (χ4n) is 2.63. The molecular formula is C26H36N2O6. The minimum absolute atomic E-state index is 0.0577. The van der Waals surface area contributed by atoms with Gasteiger partial charge in [-0.2, -0.15) is 0 Å². The van der Waals surface area contributed by atoms with Gasteiger partial charge in [0, 0.05) is 0 Å². The molecular weight excluding hydrogens is 436 g/mol. The molecule has 0 radical (unpaired) electrons. The molecule has 0 saturated heterocycles. The van der Waals surface area contributed by atoms with Crippen LogP contribution in [0.2, 0.25) is 0 Å². The zero-order chi connectivity index (χ0) is 25.6. The zero-order valence-electron chi connectivity index (χ0n) is 20.3. The Kier molecular flexibility index (Phi) is 12.6. The van der Waals surface area contributed by atoms with Crippen LogP contribution in [0, 0.1) is 11.3 Å². The Morgan fingerprint density at radius 1 is 1.00 bits per heavy atom. The van der Waals surface area contributed by atoms with Gasteiger partial charge in [0.05, 0.1) is 12.5 Å². The minimum Gasteiger partial charge on any atom is -0.481 e. The van der Waals surface area contributed by atoms with Crippen LogP contribution in [-0.4, -0.2) is 41.1 Å². The molecule has 0 aromatic heterocycles. The number of carboxylic acid groups (broad SMARTS) is 1. The first-order valence-electron chi connectivity index (χ1n) is 11.2. The maximum atomic E-state index is 11.6. The molecule has 186 valence electrons. The van der Waals surface area contributed by atoms with Crippen LogP contribution in [0.3, 0.4) is 0 Å². The number of hydrogen-bond donors (Lipinski definition) is 2. The molecule has 2 atom stereocenters. The highest BCUT2D eigenvalue weighted by Gasteiger charge is 2.28. The summed E-state index contributed by atoms with van der Waals surface area (Å²) in [5, 5.41) is 9.94. The van der Waals surface area contributed by atoms with Crippen molar-refractivity contribution in [1.29, 1.82) is 0 Å². The first-order chi connectivity index (χ1) is 16.1. The van der Waals surface area contributed by atoms with Crippen LogP contribution < -0.4 is 5.73 Å². The predicted octanol–water partition coefficient (Wildman–Crippen LogP) is 3.79. The molecule has 8 nitrogen and oxygen atoms in total. The van der Waals surface area contributed by atoms with Crippen LogP contribution in [0.1, 0.15) is 45.2 Å². The van der Waals surface area contributed by atoms with Crippen LogP contribution in [-0.2, 0) is 37.2 Å². The number of aliphatic carboxylic acids is 1. The number of nitrogens with two attached hydrogens (primary N) is 1.